The summed E-state index contributed by atoms with van der Waals surface area (Å²) < 4.78 is 10.8. The molecule has 1 unspecified atom stereocenters. The molecule has 0 bridgehead atoms. The molecule has 0 aliphatic rings. The highest BCUT2D eigenvalue weighted by Crippen LogP contribution is 2.16. The number of nitrogen functional groups attached to an aromatic ring is 1. The summed E-state index contributed by atoms with van der Waals surface area (Å²) in [6.07, 6.45) is 2.84. The lowest BCUT2D eigenvalue weighted by atomic mass is 10.0. The van der Waals surface area contributed by atoms with Gasteiger partial charge in [0.2, 0.25) is 5.95 Å². The van der Waals surface area contributed by atoms with Crippen molar-refractivity contribution in [3.8, 4) is 0 Å². The van der Waals surface area contributed by atoms with Gasteiger partial charge < -0.3 is 25.5 Å². The van der Waals surface area contributed by atoms with Gasteiger partial charge in [0.25, 0.3) is 11.5 Å². The zero-order valence-electron chi connectivity index (χ0n) is 24.5. The Morgan fingerprint density at radius 3 is 2.13 bits per heavy atom. The maximum atomic E-state index is 13.2. The summed E-state index contributed by atoms with van der Waals surface area (Å²) in [7, 11) is 0. The Hall–Kier alpha value is -5.71. The molecule has 0 aliphatic heterocycles. The second kappa shape index (κ2) is 14.6. The van der Waals surface area contributed by atoms with E-state index < -0.39 is 23.9 Å². The zero-order chi connectivity index (χ0) is 31.6. The number of nitrogens with two attached hydrogens (primary N) is 1. The third-order valence-electron chi connectivity index (χ3n) is 7.23. The number of benzene rings is 3. The Balaban J connectivity index is 1.19. The van der Waals surface area contributed by atoms with Crippen molar-refractivity contribution < 1.29 is 23.9 Å². The summed E-state index contributed by atoms with van der Waals surface area (Å²) >= 11 is 0. The van der Waals surface area contributed by atoms with Crippen LogP contribution in [-0.4, -0.2) is 38.8 Å². The number of fused-ring (bicyclic) bond motifs is 1. The fraction of sp³-hybridized carbons (Fsp3) is 0.206. The van der Waals surface area contributed by atoms with E-state index in [9.17, 15) is 19.2 Å². The van der Waals surface area contributed by atoms with Gasteiger partial charge in [0, 0.05) is 18.2 Å². The number of hydrogen-bond acceptors (Lipinski definition) is 8. The number of anilines is 1. The summed E-state index contributed by atoms with van der Waals surface area (Å²) in [4.78, 5) is 60.6. The zero-order valence-corrected chi connectivity index (χ0v) is 24.5. The monoisotopic (exact) mass is 607 g/mol. The van der Waals surface area contributed by atoms with Crippen molar-refractivity contribution >= 4 is 34.8 Å². The van der Waals surface area contributed by atoms with Crippen LogP contribution in [0.15, 0.2) is 95.9 Å². The Labute approximate surface area is 258 Å². The minimum atomic E-state index is -1.06. The maximum absolute atomic E-state index is 13.2. The summed E-state index contributed by atoms with van der Waals surface area (Å²) in [6.45, 7) is 0.148. The van der Waals surface area contributed by atoms with Gasteiger partial charge in [-0.15, -0.1) is 0 Å². The van der Waals surface area contributed by atoms with Crippen molar-refractivity contribution in [1.29, 1.82) is 0 Å². The van der Waals surface area contributed by atoms with E-state index >= 15 is 0 Å². The van der Waals surface area contributed by atoms with E-state index in [2.05, 4.69) is 20.3 Å². The standard InChI is InChI=1S/C34H33N5O6/c35-34-38-30-29(32(42)39-34)26(19-36-30)16-13-22-11-14-25(15-12-22)31(41)37-27(33(43)45-21-24-9-5-2-6-10-24)17-18-28(40)44-20-23-7-3-1-4-8-23/h1-12,14-15,19,27H,13,16-18,20-21H2,(H,37,41)(H4,35,36,38,39,42). The van der Waals surface area contributed by atoms with Gasteiger partial charge in [0.05, 0.1) is 5.39 Å². The number of aromatic nitrogens is 3. The Morgan fingerprint density at radius 2 is 1.47 bits per heavy atom. The van der Waals surface area contributed by atoms with E-state index in [4.69, 9.17) is 15.2 Å². The number of nitrogens with one attached hydrogen (secondary N) is 3. The molecule has 2 heterocycles. The number of amides is 1. The number of esters is 2. The topological polar surface area (TPSA) is 169 Å². The second-order valence-corrected chi connectivity index (χ2v) is 10.5. The van der Waals surface area contributed by atoms with Crippen molar-refractivity contribution in [2.45, 2.75) is 44.9 Å². The minimum Gasteiger partial charge on any atom is -0.461 e. The smallest absolute Gasteiger partial charge is 0.328 e. The molecule has 0 saturated heterocycles. The van der Waals surface area contributed by atoms with Crippen LogP contribution in [0.3, 0.4) is 0 Å². The predicted molar refractivity (Wildman–Crippen MR) is 168 cm³/mol. The number of hydrogen-bond donors (Lipinski definition) is 4. The molecule has 0 fully saturated rings. The van der Waals surface area contributed by atoms with Crippen LogP contribution in [0.25, 0.3) is 11.0 Å². The average Bonchev–Trinajstić information content (AvgIpc) is 3.47. The van der Waals surface area contributed by atoms with Gasteiger partial charge in [-0.3, -0.25) is 19.4 Å². The lowest BCUT2D eigenvalue weighted by Gasteiger charge is -2.18. The summed E-state index contributed by atoms with van der Waals surface area (Å²) in [5, 5.41) is 3.19. The molecule has 2 aromatic heterocycles. The van der Waals surface area contributed by atoms with Crippen molar-refractivity contribution in [2.24, 2.45) is 0 Å². The van der Waals surface area contributed by atoms with Crippen LogP contribution >= 0.6 is 0 Å². The van der Waals surface area contributed by atoms with Gasteiger partial charge in [-0.2, -0.15) is 4.98 Å². The Morgan fingerprint density at radius 1 is 0.822 bits per heavy atom. The van der Waals surface area contributed by atoms with Crippen LogP contribution in [0.4, 0.5) is 5.95 Å². The molecule has 0 aliphatic carbocycles. The fourth-order valence-corrected chi connectivity index (χ4v) is 4.81. The lowest BCUT2D eigenvalue weighted by molar-refractivity contribution is -0.148. The van der Waals surface area contributed by atoms with Gasteiger partial charge >= 0.3 is 11.9 Å². The maximum Gasteiger partial charge on any atom is 0.328 e. The van der Waals surface area contributed by atoms with E-state index in [0.29, 0.717) is 29.4 Å². The van der Waals surface area contributed by atoms with Crippen molar-refractivity contribution in [3.05, 3.63) is 129 Å². The highest BCUT2D eigenvalue weighted by atomic mass is 16.5. The molecule has 0 saturated carbocycles. The molecular weight excluding hydrogens is 574 g/mol. The highest BCUT2D eigenvalue weighted by Gasteiger charge is 2.24. The van der Waals surface area contributed by atoms with E-state index in [1.54, 1.807) is 18.3 Å². The van der Waals surface area contributed by atoms with E-state index in [1.807, 2.05) is 72.8 Å². The normalized spacial score (nSPS) is 11.6. The molecule has 0 radical (unpaired) electrons. The number of H-pyrrole nitrogens is 2. The van der Waals surface area contributed by atoms with Gasteiger partial charge in [0.1, 0.15) is 24.9 Å². The number of ether oxygens (including phenoxy) is 2. The van der Waals surface area contributed by atoms with E-state index in [0.717, 1.165) is 22.3 Å². The van der Waals surface area contributed by atoms with E-state index in [-0.39, 0.29) is 37.6 Å². The molecular formula is C34H33N5O6. The minimum absolute atomic E-state index is 0.00925. The number of aromatic amines is 2. The molecule has 11 nitrogen and oxygen atoms in total. The summed E-state index contributed by atoms with van der Waals surface area (Å²) in [5.74, 6) is -1.57. The molecule has 5 rings (SSSR count). The molecule has 230 valence electrons. The number of nitrogens with zero attached hydrogens (tertiary/aromatic N) is 1. The van der Waals surface area contributed by atoms with Gasteiger partial charge in [-0.05, 0) is 53.6 Å². The molecule has 5 N–H and O–H groups in total. The molecule has 1 amide bonds. The van der Waals surface area contributed by atoms with Crippen LogP contribution in [0.1, 0.15) is 45.5 Å². The van der Waals surface area contributed by atoms with Gasteiger partial charge in [0.15, 0.2) is 0 Å². The Bertz CT molecular complexity index is 1820. The molecule has 5 aromatic rings. The number of aryl methyl sites for hydroxylation is 2. The third-order valence-corrected chi connectivity index (χ3v) is 7.23. The molecule has 11 heteroatoms. The summed E-state index contributed by atoms with van der Waals surface area (Å²) in [6, 6.07) is 24.3. The van der Waals surface area contributed by atoms with Crippen LogP contribution in [-0.2, 0) is 45.1 Å². The van der Waals surface area contributed by atoms with Crippen LogP contribution in [0, 0.1) is 0 Å². The third kappa shape index (κ3) is 8.44. The van der Waals surface area contributed by atoms with Crippen LogP contribution < -0.4 is 16.6 Å². The van der Waals surface area contributed by atoms with Gasteiger partial charge in [-0.1, -0.05) is 72.8 Å². The predicted octanol–water partition coefficient (Wildman–Crippen LogP) is 3.98. The molecule has 1 atom stereocenters. The van der Waals surface area contributed by atoms with Crippen LogP contribution in [0.2, 0.25) is 0 Å². The average molecular weight is 608 g/mol. The lowest BCUT2D eigenvalue weighted by Crippen LogP contribution is -2.42. The molecule has 0 spiro atoms. The SMILES string of the molecule is Nc1nc2[nH]cc(CCc3ccc(C(=O)NC(CCC(=O)OCc4ccccc4)C(=O)OCc4ccccc4)cc3)c2c(=O)[nH]1. The fourth-order valence-electron chi connectivity index (χ4n) is 4.81. The first-order chi connectivity index (χ1) is 21.9. The molecule has 45 heavy (non-hydrogen) atoms. The van der Waals surface area contributed by atoms with Gasteiger partial charge in [-0.25, -0.2) is 4.79 Å². The first-order valence-electron chi connectivity index (χ1n) is 14.5. The first-order valence-corrected chi connectivity index (χ1v) is 14.5. The first kappa shape index (κ1) is 30.7. The number of carbonyl (C=O) groups is 3. The number of rotatable bonds is 13. The quantitative estimate of drug-likeness (QED) is 0.146. The van der Waals surface area contributed by atoms with Crippen LogP contribution in [0.5, 0.6) is 0 Å². The second-order valence-electron chi connectivity index (χ2n) is 10.5. The highest BCUT2D eigenvalue weighted by molar-refractivity contribution is 5.97. The summed E-state index contributed by atoms with van der Waals surface area (Å²) in [5.41, 5.74) is 9.48. The number of carbonyl (C=O) groups excluding carboxylic acids is 3. The van der Waals surface area contributed by atoms with Crippen molar-refractivity contribution in [3.63, 3.8) is 0 Å². The molecule has 3 aromatic carbocycles. The van der Waals surface area contributed by atoms with Crippen molar-refractivity contribution in [2.75, 3.05) is 5.73 Å². The largest absolute Gasteiger partial charge is 0.461 e. The van der Waals surface area contributed by atoms with Crippen molar-refractivity contribution in [1.82, 2.24) is 20.3 Å². The Kier molecular flexibility index (Phi) is 10.0. The van der Waals surface area contributed by atoms with E-state index in [1.165, 1.54) is 0 Å².